The average molecular weight is 391 g/mol. The SMILES string of the molecule is COCCCNC(=O)c1cccc(NC(=O)c2cccc(Br)c2)c1. The van der Waals surface area contributed by atoms with E-state index in [2.05, 4.69) is 26.6 Å². The van der Waals surface area contributed by atoms with Gasteiger partial charge in [-0.25, -0.2) is 0 Å². The molecule has 2 amide bonds. The Bertz CT molecular complexity index is 719. The predicted molar refractivity (Wildman–Crippen MR) is 97.4 cm³/mol. The molecule has 0 aliphatic carbocycles. The second-order valence-electron chi connectivity index (χ2n) is 5.15. The maximum atomic E-state index is 12.2. The van der Waals surface area contributed by atoms with E-state index in [1.54, 1.807) is 49.6 Å². The molecule has 0 aromatic heterocycles. The molecule has 0 heterocycles. The monoisotopic (exact) mass is 390 g/mol. The van der Waals surface area contributed by atoms with Gasteiger partial charge in [-0.2, -0.15) is 0 Å². The van der Waals surface area contributed by atoms with Gasteiger partial charge in [-0.3, -0.25) is 9.59 Å². The Labute approximate surface area is 149 Å². The van der Waals surface area contributed by atoms with Crippen molar-refractivity contribution in [1.29, 1.82) is 0 Å². The van der Waals surface area contributed by atoms with Crippen LogP contribution < -0.4 is 10.6 Å². The molecule has 0 unspecified atom stereocenters. The number of carbonyl (C=O) groups excluding carboxylic acids is 2. The van der Waals surface area contributed by atoms with E-state index in [9.17, 15) is 9.59 Å². The lowest BCUT2D eigenvalue weighted by atomic mass is 10.1. The number of methoxy groups -OCH3 is 1. The van der Waals surface area contributed by atoms with E-state index in [0.29, 0.717) is 30.0 Å². The lowest BCUT2D eigenvalue weighted by molar-refractivity contribution is 0.0947. The quantitative estimate of drug-likeness (QED) is 0.711. The third-order valence-electron chi connectivity index (χ3n) is 3.28. The van der Waals surface area contributed by atoms with E-state index in [1.165, 1.54) is 0 Å². The topological polar surface area (TPSA) is 67.4 Å². The molecule has 0 aliphatic rings. The Morgan fingerprint density at radius 3 is 2.46 bits per heavy atom. The maximum Gasteiger partial charge on any atom is 0.255 e. The summed E-state index contributed by atoms with van der Waals surface area (Å²) in [6.07, 6.45) is 0.752. The third-order valence-corrected chi connectivity index (χ3v) is 3.77. The van der Waals surface area contributed by atoms with Crippen molar-refractivity contribution >= 4 is 33.4 Å². The molecule has 0 fully saturated rings. The number of rotatable bonds is 7. The van der Waals surface area contributed by atoms with Crippen LogP contribution in [0.4, 0.5) is 5.69 Å². The van der Waals surface area contributed by atoms with Gasteiger partial charge in [0.25, 0.3) is 11.8 Å². The number of halogens is 1. The Kier molecular flexibility index (Phi) is 6.96. The fourth-order valence-electron chi connectivity index (χ4n) is 2.09. The van der Waals surface area contributed by atoms with Gasteiger partial charge in [0.2, 0.25) is 0 Å². The number of hydrogen-bond acceptors (Lipinski definition) is 3. The average Bonchev–Trinajstić information content (AvgIpc) is 2.59. The van der Waals surface area contributed by atoms with Gasteiger partial charge in [-0.15, -0.1) is 0 Å². The van der Waals surface area contributed by atoms with Crippen molar-refractivity contribution < 1.29 is 14.3 Å². The van der Waals surface area contributed by atoms with Crippen LogP contribution >= 0.6 is 15.9 Å². The molecule has 0 spiro atoms. The Hall–Kier alpha value is -2.18. The van der Waals surface area contributed by atoms with E-state index in [4.69, 9.17) is 4.74 Å². The largest absolute Gasteiger partial charge is 0.385 e. The molecule has 2 aromatic carbocycles. The molecule has 2 rings (SSSR count). The molecule has 24 heavy (non-hydrogen) atoms. The number of benzene rings is 2. The highest BCUT2D eigenvalue weighted by Crippen LogP contribution is 2.15. The van der Waals surface area contributed by atoms with Crippen molar-refractivity contribution in [2.45, 2.75) is 6.42 Å². The first-order chi connectivity index (χ1) is 11.6. The molecule has 5 nitrogen and oxygen atoms in total. The zero-order chi connectivity index (χ0) is 17.4. The van der Waals surface area contributed by atoms with Crippen LogP contribution in [0.3, 0.4) is 0 Å². The number of carbonyl (C=O) groups is 2. The fourth-order valence-corrected chi connectivity index (χ4v) is 2.49. The molecule has 6 heteroatoms. The van der Waals surface area contributed by atoms with Gasteiger partial charge in [0.1, 0.15) is 0 Å². The second-order valence-corrected chi connectivity index (χ2v) is 6.06. The Morgan fingerprint density at radius 2 is 1.75 bits per heavy atom. The standard InChI is InChI=1S/C18H19BrN2O3/c1-24-10-4-9-20-17(22)14-6-3-8-16(12-14)21-18(23)13-5-2-7-15(19)11-13/h2-3,5-8,11-12H,4,9-10H2,1H3,(H,20,22)(H,21,23). The number of ether oxygens (including phenoxy) is 1. The molecular formula is C18H19BrN2O3. The maximum absolute atomic E-state index is 12.2. The lowest BCUT2D eigenvalue weighted by Gasteiger charge is -2.08. The van der Waals surface area contributed by atoms with Gasteiger partial charge in [0.15, 0.2) is 0 Å². The highest BCUT2D eigenvalue weighted by Gasteiger charge is 2.09. The number of hydrogen-bond donors (Lipinski definition) is 2. The molecule has 2 N–H and O–H groups in total. The van der Waals surface area contributed by atoms with Crippen molar-refractivity contribution in [3.63, 3.8) is 0 Å². The molecule has 0 saturated heterocycles. The van der Waals surface area contributed by atoms with Crippen molar-refractivity contribution in [3.05, 3.63) is 64.1 Å². The van der Waals surface area contributed by atoms with E-state index in [0.717, 1.165) is 10.9 Å². The number of anilines is 1. The summed E-state index contributed by atoms with van der Waals surface area (Å²) in [5.74, 6) is -0.404. The van der Waals surface area contributed by atoms with Crippen molar-refractivity contribution in [2.75, 3.05) is 25.6 Å². The Balaban J connectivity index is 1.99. The summed E-state index contributed by atoms with van der Waals surface area (Å²) >= 11 is 3.34. The van der Waals surface area contributed by atoms with Gasteiger partial charge >= 0.3 is 0 Å². The van der Waals surface area contributed by atoms with E-state index in [-0.39, 0.29) is 11.8 Å². The van der Waals surface area contributed by atoms with Gasteiger partial charge in [-0.1, -0.05) is 28.1 Å². The number of nitrogens with one attached hydrogen (secondary N) is 2. The molecule has 0 bridgehead atoms. The van der Waals surface area contributed by atoms with Crippen molar-refractivity contribution in [1.82, 2.24) is 5.32 Å². The van der Waals surface area contributed by atoms with Crippen molar-refractivity contribution in [3.8, 4) is 0 Å². The van der Waals surface area contributed by atoms with Crippen LogP contribution in [0, 0.1) is 0 Å². The van der Waals surface area contributed by atoms with Crippen LogP contribution in [-0.4, -0.2) is 32.1 Å². The van der Waals surface area contributed by atoms with Crippen LogP contribution in [0.2, 0.25) is 0 Å². The van der Waals surface area contributed by atoms with Gasteiger partial charge < -0.3 is 15.4 Å². The minimum atomic E-state index is -0.228. The van der Waals surface area contributed by atoms with Crippen LogP contribution in [0.1, 0.15) is 27.1 Å². The van der Waals surface area contributed by atoms with Gasteiger partial charge in [0.05, 0.1) is 0 Å². The first-order valence-electron chi connectivity index (χ1n) is 7.54. The van der Waals surface area contributed by atoms with E-state index < -0.39 is 0 Å². The highest BCUT2D eigenvalue weighted by molar-refractivity contribution is 9.10. The minimum absolute atomic E-state index is 0.176. The first-order valence-corrected chi connectivity index (χ1v) is 8.33. The molecular weight excluding hydrogens is 372 g/mol. The summed E-state index contributed by atoms with van der Waals surface area (Å²) in [7, 11) is 1.62. The van der Waals surface area contributed by atoms with Crippen LogP contribution in [-0.2, 0) is 4.74 Å². The summed E-state index contributed by atoms with van der Waals surface area (Å²) in [4.78, 5) is 24.3. The summed E-state index contributed by atoms with van der Waals surface area (Å²) in [5, 5.41) is 5.61. The minimum Gasteiger partial charge on any atom is -0.385 e. The highest BCUT2D eigenvalue weighted by atomic mass is 79.9. The molecule has 0 aliphatic heterocycles. The van der Waals surface area contributed by atoms with Crippen molar-refractivity contribution in [2.24, 2.45) is 0 Å². The third kappa shape index (κ3) is 5.47. The second kappa shape index (κ2) is 9.20. The smallest absolute Gasteiger partial charge is 0.255 e. The predicted octanol–water partition coefficient (Wildman–Crippen LogP) is 3.47. The molecule has 0 saturated carbocycles. The normalized spacial score (nSPS) is 10.2. The fraction of sp³-hybridized carbons (Fsp3) is 0.222. The molecule has 126 valence electrons. The van der Waals surface area contributed by atoms with Gasteiger partial charge in [-0.05, 0) is 42.8 Å². The van der Waals surface area contributed by atoms with Gasteiger partial charge in [0, 0.05) is 41.5 Å². The Morgan fingerprint density at radius 1 is 1.04 bits per heavy atom. The van der Waals surface area contributed by atoms with Crippen LogP contribution in [0.15, 0.2) is 53.0 Å². The summed E-state index contributed by atoms with van der Waals surface area (Å²) in [6, 6.07) is 14.0. The summed E-state index contributed by atoms with van der Waals surface area (Å²) < 4.78 is 5.77. The molecule has 2 aromatic rings. The van der Waals surface area contributed by atoms with Crippen LogP contribution in [0.25, 0.3) is 0 Å². The summed E-state index contributed by atoms with van der Waals surface area (Å²) in [5.41, 5.74) is 1.61. The van der Waals surface area contributed by atoms with E-state index in [1.807, 2.05) is 6.07 Å². The van der Waals surface area contributed by atoms with E-state index >= 15 is 0 Å². The van der Waals surface area contributed by atoms with Crippen LogP contribution in [0.5, 0.6) is 0 Å². The molecule has 0 radical (unpaired) electrons. The lowest BCUT2D eigenvalue weighted by Crippen LogP contribution is -2.25. The molecule has 0 atom stereocenters. The first kappa shape index (κ1) is 18.2. The zero-order valence-electron chi connectivity index (χ0n) is 13.3. The summed E-state index contributed by atoms with van der Waals surface area (Å²) in [6.45, 7) is 1.14. The zero-order valence-corrected chi connectivity index (χ0v) is 14.9. The number of amides is 2.